The molecule has 4 heteroatoms. The number of carboxylic acid groups (broad SMARTS) is 1. The van der Waals surface area contributed by atoms with Gasteiger partial charge >= 0.3 is 5.97 Å². The predicted octanol–water partition coefficient (Wildman–Crippen LogP) is 0.540. The monoisotopic (exact) mass is 175 g/mol. The van der Waals surface area contributed by atoms with E-state index >= 15 is 0 Å². The Hall–Kier alpha value is -0.220. The zero-order valence-corrected chi connectivity index (χ0v) is 7.52. The van der Waals surface area contributed by atoms with Gasteiger partial charge in [0.15, 0.2) is 0 Å². The van der Waals surface area contributed by atoms with Crippen molar-refractivity contribution in [2.75, 3.05) is 5.75 Å². The fourth-order valence-electron chi connectivity index (χ4n) is 1.49. The molecule has 0 aromatic rings. The highest BCUT2D eigenvalue weighted by atomic mass is 32.2. The van der Waals surface area contributed by atoms with Crippen LogP contribution in [0.3, 0.4) is 0 Å². The summed E-state index contributed by atoms with van der Waals surface area (Å²) in [7, 11) is 0. The summed E-state index contributed by atoms with van der Waals surface area (Å²) in [5.41, 5.74) is 5.65. The van der Waals surface area contributed by atoms with E-state index < -0.39 is 11.9 Å². The van der Waals surface area contributed by atoms with Crippen molar-refractivity contribution >= 4 is 17.7 Å². The summed E-state index contributed by atoms with van der Waals surface area (Å²) in [4.78, 5) is 10.7. The van der Waals surface area contributed by atoms with Crippen molar-refractivity contribution in [1.82, 2.24) is 0 Å². The van der Waals surface area contributed by atoms with Gasteiger partial charge in [-0.05, 0) is 13.8 Å². The summed E-state index contributed by atoms with van der Waals surface area (Å²) in [6.07, 6.45) is 0. The molecule has 0 aromatic heterocycles. The third kappa shape index (κ3) is 1.51. The SMILES string of the molecule is CC1(C)SCC(N)C1C(=O)O. The molecular formula is C7H13NO2S. The number of rotatable bonds is 1. The summed E-state index contributed by atoms with van der Waals surface area (Å²) < 4.78 is -0.203. The Kier molecular flexibility index (Phi) is 2.16. The first-order valence-corrected chi connectivity index (χ1v) is 4.56. The molecule has 1 aliphatic rings. The molecule has 3 N–H and O–H groups in total. The highest BCUT2D eigenvalue weighted by Crippen LogP contribution is 2.41. The van der Waals surface area contributed by atoms with Crippen LogP contribution in [0.2, 0.25) is 0 Å². The number of carboxylic acids is 1. The van der Waals surface area contributed by atoms with Gasteiger partial charge in [0, 0.05) is 16.5 Å². The Morgan fingerprint density at radius 3 is 2.45 bits per heavy atom. The maximum Gasteiger partial charge on any atom is 0.309 e. The van der Waals surface area contributed by atoms with Gasteiger partial charge in [-0.1, -0.05) is 0 Å². The molecule has 11 heavy (non-hydrogen) atoms. The topological polar surface area (TPSA) is 63.3 Å². The van der Waals surface area contributed by atoms with E-state index in [0.29, 0.717) is 0 Å². The highest BCUT2D eigenvalue weighted by molar-refractivity contribution is 8.01. The Labute approximate surface area is 70.3 Å². The van der Waals surface area contributed by atoms with Crippen molar-refractivity contribution in [3.63, 3.8) is 0 Å². The van der Waals surface area contributed by atoms with Gasteiger partial charge in [0.25, 0.3) is 0 Å². The minimum Gasteiger partial charge on any atom is -0.481 e. The summed E-state index contributed by atoms with van der Waals surface area (Å²) >= 11 is 1.64. The van der Waals surface area contributed by atoms with Gasteiger partial charge in [-0.15, -0.1) is 0 Å². The van der Waals surface area contributed by atoms with Gasteiger partial charge in [-0.25, -0.2) is 0 Å². The van der Waals surface area contributed by atoms with Crippen LogP contribution in [0, 0.1) is 5.92 Å². The maximum atomic E-state index is 10.7. The number of thioether (sulfide) groups is 1. The van der Waals surface area contributed by atoms with E-state index in [-0.39, 0.29) is 10.8 Å². The van der Waals surface area contributed by atoms with Crippen molar-refractivity contribution in [2.24, 2.45) is 11.7 Å². The largest absolute Gasteiger partial charge is 0.481 e. The predicted molar refractivity (Wildman–Crippen MR) is 45.6 cm³/mol. The molecule has 0 aromatic carbocycles. The summed E-state index contributed by atoms with van der Waals surface area (Å²) in [5, 5.41) is 8.83. The molecule has 1 rings (SSSR count). The van der Waals surface area contributed by atoms with Gasteiger partial charge in [0.05, 0.1) is 5.92 Å². The molecule has 0 amide bonds. The Morgan fingerprint density at radius 2 is 2.27 bits per heavy atom. The highest BCUT2D eigenvalue weighted by Gasteiger charge is 2.45. The van der Waals surface area contributed by atoms with E-state index in [4.69, 9.17) is 10.8 Å². The van der Waals surface area contributed by atoms with Gasteiger partial charge < -0.3 is 10.8 Å². The zero-order chi connectivity index (χ0) is 8.65. The molecule has 0 saturated carbocycles. The van der Waals surface area contributed by atoms with E-state index in [1.807, 2.05) is 13.8 Å². The average molecular weight is 175 g/mol. The first kappa shape index (κ1) is 8.87. The van der Waals surface area contributed by atoms with Crippen LogP contribution in [-0.4, -0.2) is 27.6 Å². The third-order valence-electron chi connectivity index (χ3n) is 2.09. The summed E-state index contributed by atoms with van der Waals surface area (Å²) in [6, 6.07) is -0.188. The van der Waals surface area contributed by atoms with Gasteiger partial charge in [-0.2, -0.15) is 11.8 Å². The lowest BCUT2D eigenvalue weighted by molar-refractivity contribution is -0.142. The number of hydrogen-bond acceptors (Lipinski definition) is 3. The van der Waals surface area contributed by atoms with Crippen LogP contribution in [0.1, 0.15) is 13.8 Å². The van der Waals surface area contributed by atoms with Gasteiger partial charge in [-0.3, -0.25) is 4.79 Å². The van der Waals surface area contributed by atoms with Crippen LogP contribution < -0.4 is 5.73 Å². The minimum absolute atomic E-state index is 0.188. The van der Waals surface area contributed by atoms with E-state index in [2.05, 4.69) is 0 Å². The third-order valence-corrected chi connectivity index (χ3v) is 3.64. The quantitative estimate of drug-likeness (QED) is 0.610. The lowest BCUT2D eigenvalue weighted by Crippen LogP contribution is -2.41. The minimum atomic E-state index is -0.771. The Bertz CT molecular complexity index is 181. The maximum absolute atomic E-state index is 10.7. The fraction of sp³-hybridized carbons (Fsp3) is 0.857. The van der Waals surface area contributed by atoms with Crippen molar-refractivity contribution in [3.05, 3.63) is 0 Å². The smallest absolute Gasteiger partial charge is 0.309 e. The number of aliphatic carboxylic acids is 1. The van der Waals surface area contributed by atoms with Gasteiger partial charge in [0.2, 0.25) is 0 Å². The summed E-state index contributed by atoms with van der Waals surface area (Å²) in [6.45, 7) is 3.87. The van der Waals surface area contributed by atoms with Crippen LogP contribution in [0.4, 0.5) is 0 Å². The average Bonchev–Trinajstić information content (AvgIpc) is 2.06. The molecule has 0 spiro atoms. The number of nitrogens with two attached hydrogens (primary N) is 1. The Balaban J connectivity index is 2.80. The van der Waals surface area contributed by atoms with E-state index in [1.165, 1.54) is 0 Å². The second-order valence-electron chi connectivity index (χ2n) is 3.39. The van der Waals surface area contributed by atoms with Crippen LogP contribution in [0.25, 0.3) is 0 Å². The second kappa shape index (κ2) is 2.68. The number of hydrogen-bond donors (Lipinski definition) is 2. The molecule has 0 aliphatic carbocycles. The van der Waals surface area contributed by atoms with E-state index in [1.54, 1.807) is 11.8 Å². The molecule has 1 fully saturated rings. The van der Waals surface area contributed by atoms with Crippen LogP contribution in [0.15, 0.2) is 0 Å². The van der Waals surface area contributed by atoms with Crippen LogP contribution in [-0.2, 0) is 4.79 Å². The lowest BCUT2D eigenvalue weighted by atomic mass is 9.90. The molecule has 3 nitrogen and oxygen atoms in total. The molecule has 0 bridgehead atoms. The van der Waals surface area contributed by atoms with Crippen molar-refractivity contribution < 1.29 is 9.90 Å². The van der Waals surface area contributed by atoms with Gasteiger partial charge in [0.1, 0.15) is 0 Å². The van der Waals surface area contributed by atoms with Crippen LogP contribution >= 0.6 is 11.8 Å². The first-order chi connectivity index (χ1) is 4.95. The van der Waals surface area contributed by atoms with E-state index in [0.717, 1.165) is 5.75 Å². The fourth-order valence-corrected chi connectivity index (χ4v) is 2.76. The van der Waals surface area contributed by atoms with E-state index in [9.17, 15) is 4.79 Å². The first-order valence-electron chi connectivity index (χ1n) is 3.57. The zero-order valence-electron chi connectivity index (χ0n) is 6.70. The molecule has 2 unspecified atom stereocenters. The second-order valence-corrected chi connectivity index (χ2v) is 5.07. The van der Waals surface area contributed by atoms with Crippen molar-refractivity contribution in [3.8, 4) is 0 Å². The van der Waals surface area contributed by atoms with Crippen molar-refractivity contribution in [2.45, 2.75) is 24.6 Å². The number of carbonyl (C=O) groups is 1. The molecule has 1 heterocycles. The molecule has 0 radical (unpaired) electrons. The molecule has 64 valence electrons. The normalized spacial score (nSPS) is 35.5. The standard InChI is InChI=1S/C7H13NO2S/c1-7(2)5(6(9)10)4(8)3-11-7/h4-5H,3,8H2,1-2H3,(H,9,10). The molecular weight excluding hydrogens is 162 g/mol. The summed E-state index contributed by atoms with van der Waals surface area (Å²) in [5.74, 6) is -0.413. The molecule has 1 aliphatic heterocycles. The van der Waals surface area contributed by atoms with Crippen LogP contribution in [0.5, 0.6) is 0 Å². The molecule has 2 atom stereocenters. The van der Waals surface area contributed by atoms with Crippen molar-refractivity contribution in [1.29, 1.82) is 0 Å². The lowest BCUT2D eigenvalue weighted by Gasteiger charge is -2.23. The Morgan fingerprint density at radius 1 is 1.73 bits per heavy atom. The molecule has 1 saturated heterocycles.